The Hall–Kier alpha value is -1.82. The van der Waals surface area contributed by atoms with E-state index in [9.17, 15) is 14.7 Å². The lowest BCUT2D eigenvalue weighted by molar-refractivity contribution is -0.289. The lowest BCUT2D eigenvalue weighted by Gasteiger charge is -2.67. The summed E-state index contributed by atoms with van der Waals surface area (Å²) in [5.41, 5.74) is -1.29. The van der Waals surface area contributed by atoms with Crippen LogP contribution in [-0.2, 0) is 25.5 Å². The molecule has 3 aliphatic carbocycles. The maximum atomic E-state index is 12.8. The van der Waals surface area contributed by atoms with Crippen molar-refractivity contribution in [2.24, 2.45) is 22.7 Å². The average molecular weight is 388 g/mol. The summed E-state index contributed by atoms with van der Waals surface area (Å²) in [6.07, 6.45) is 3.34. The highest BCUT2D eigenvalue weighted by atomic mass is 16.6. The van der Waals surface area contributed by atoms with Gasteiger partial charge in [0.1, 0.15) is 18.0 Å². The normalized spacial score (nSPS) is 45.5. The topological polar surface area (TPSA) is 86.0 Å². The molecule has 4 aliphatic rings. The zero-order chi connectivity index (χ0) is 20.1. The Kier molecular flexibility index (Phi) is 3.52. The molecule has 6 heteroatoms. The van der Waals surface area contributed by atoms with Crippen molar-refractivity contribution in [3.8, 4) is 0 Å². The first kappa shape index (κ1) is 18.2. The van der Waals surface area contributed by atoms with E-state index in [0.717, 1.165) is 17.7 Å². The predicted octanol–water partition coefficient (Wildman–Crippen LogP) is 2.97. The van der Waals surface area contributed by atoms with Crippen LogP contribution in [0, 0.1) is 22.7 Å². The van der Waals surface area contributed by atoms with E-state index in [2.05, 4.69) is 20.8 Å². The molecule has 0 bridgehead atoms. The minimum atomic E-state index is -1.12. The first-order chi connectivity index (χ1) is 13.1. The minimum Gasteiger partial charge on any atom is -0.469 e. The zero-order valence-electron chi connectivity index (χ0n) is 16.9. The first-order valence-corrected chi connectivity index (χ1v) is 10.3. The van der Waals surface area contributed by atoms with Crippen LogP contribution in [0.4, 0.5) is 0 Å². The zero-order valence-corrected chi connectivity index (χ0v) is 16.9. The van der Waals surface area contributed by atoms with E-state index in [1.54, 1.807) is 6.26 Å². The van der Waals surface area contributed by atoms with E-state index in [-0.39, 0.29) is 35.8 Å². The standard InChI is InChI=1S/C22H28O6/c1-11(23)27-16-5-7-20(2,3)22(25)10-15-18-13(21(16,22)4)9-14-12(6-8-26-14)17(18)19(24)28-15/h6,8,13,15-18,25H,5,7,9-10H2,1-4H3/t13-,15+,16?,17-,18+,21-,22+/m0/s1. The van der Waals surface area contributed by atoms with Crippen LogP contribution in [0.15, 0.2) is 16.7 Å². The van der Waals surface area contributed by atoms with Gasteiger partial charge in [0.25, 0.3) is 0 Å². The number of esters is 2. The first-order valence-electron chi connectivity index (χ1n) is 10.3. The predicted molar refractivity (Wildman–Crippen MR) is 98.3 cm³/mol. The van der Waals surface area contributed by atoms with Crippen LogP contribution < -0.4 is 0 Å². The van der Waals surface area contributed by atoms with Crippen molar-refractivity contribution in [1.29, 1.82) is 0 Å². The van der Waals surface area contributed by atoms with Crippen LogP contribution in [0.3, 0.4) is 0 Å². The summed E-state index contributed by atoms with van der Waals surface area (Å²) in [6.45, 7) is 7.62. The number of hydrogen-bond donors (Lipinski definition) is 1. The summed E-state index contributed by atoms with van der Waals surface area (Å²) < 4.78 is 17.4. The molecule has 2 heterocycles. The molecule has 0 spiro atoms. The monoisotopic (exact) mass is 388 g/mol. The van der Waals surface area contributed by atoms with Crippen LogP contribution in [0.1, 0.15) is 64.2 Å². The third-order valence-corrected chi connectivity index (χ3v) is 8.61. The highest BCUT2D eigenvalue weighted by molar-refractivity contribution is 5.82. The number of fused-ring (bicyclic) bond motifs is 4. The molecule has 1 unspecified atom stereocenters. The van der Waals surface area contributed by atoms with Gasteiger partial charge in [-0.05, 0) is 30.2 Å². The van der Waals surface area contributed by atoms with Crippen molar-refractivity contribution in [2.75, 3.05) is 0 Å². The van der Waals surface area contributed by atoms with Gasteiger partial charge in [0.2, 0.25) is 0 Å². The van der Waals surface area contributed by atoms with E-state index in [4.69, 9.17) is 13.9 Å². The summed E-state index contributed by atoms with van der Waals surface area (Å²) in [5, 5.41) is 12.2. The number of hydrogen-bond acceptors (Lipinski definition) is 6. The molecule has 0 amide bonds. The van der Waals surface area contributed by atoms with Crippen molar-refractivity contribution in [2.45, 2.75) is 77.1 Å². The Bertz CT molecular complexity index is 855. The SMILES string of the molecule is CC(=O)OC1CCC(C)(C)[C@]2(O)C[C@H]3OC(=O)[C@H]4c5ccoc5C[C@@H]([C@H]34)[C@@]12C. The van der Waals surface area contributed by atoms with E-state index < -0.39 is 22.5 Å². The number of carbonyl (C=O) groups is 2. The smallest absolute Gasteiger partial charge is 0.314 e. The van der Waals surface area contributed by atoms with Crippen LogP contribution in [0.2, 0.25) is 0 Å². The number of carbonyl (C=O) groups excluding carboxylic acids is 2. The van der Waals surface area contributed by atoms with Gasteiger partial charge in [-0.25, -0.2) is 0 Å². The maximum Gasteiger partial charge on any atom is 0.314 e. The average Bonchev–Trinajstić information content (AvgIpc) is 3.19. The fourth-order valence-electron chi connectivity index (χ4n) is 7.13. The number of ether oxygens (including phenoxy) is 2. The third kappa shape index (κ3) is 1.97. The van der Waals surface area contributed by atoms with Gasteiger partial charge in [-0.1, -0.05) is 20.8 Å². The van der Waals surface area contributed by atoms with E-state index >= 15 is 0 Å². The van der Waals surface area contributed by atoms with Crippen molar-refractivity contribution in [1.82, 2.24) is 0 Å². The van der Waals surface area contributed by atoms with Crippen molar-refractivity contribution >= 4 is 11.9 Å². The molecule has 1 saturated heterocycles. The molecule has 5 rings (SSSR count). The summed E-state index contributed by atoms with van der Waals surface area (Å²) in [6, 6.07) is 1.87. The largest absolute Gasteiger partial charge is 0.469 e. The molecular weight excluding hydrogens is 360 g/mol. The Labute approximate surface area is 164 Å². The van der Waals surface area contributed by atoms with Crippen molar-refractivity contribution in [3.05, 3.63) is 23.7 Å². The van der Waals surface area contributed by atoms with Gasteiger partial charge in [0, 0.05) is 36.7 Å². The van der Waals surface area contributed by atoms with Gasteiger partial charge in [-0.3, -0.25) is 9.59 Å². The van der Waals surface area contributed by atoms with Crippen molar-refractivity contribution in [3.63, 3.8) is 0 Å². The second-order valence-electron chi connectivity index (χ2n) is 10.0. The van der Waals surface area contributed by atoms with Crippen LogP contribution in [-0.4, -0.2) is 34.9 Å². The Morgan fingerprint density at radius 3 is 2.79 bits per heavy atom. The van der Waals surface area contributed by atoms with Crippen molar-refractivity contribution < 1.29 is 28.6 Å². The Morgan fingerprint density at radius 1 is 1.32 bits per heavy atom. The second-order valence-corrected chi connectivity index (χ2v) is 10.0. The number of aliphatic hydroxyl groups is 1. The van der Waals surface area contributed by atoms with Gasteiger partial charge in [0.05, 0.1) is 17.8 Å². The molecule has 28 heavy (non-hydrogen) atoms. The Morgan fingerprint density at radius 2 is 2.07 bits per heavy atom. The third-order valence-electron chi connectivity index (χ3n) is 8.61. The molecule has 1 aromatic rings. The molecular formula is C22H28O6. The fraction of sp³-hybridized carbons (Fsp3) is 0.727. The molecule has 2 saturated carbocycles. The molecule has 7 atom stereocenters. The molecule has 3 fully saturated rings. The van der Waals surface area contributed by atoms with Crippen LogP contribution in [0.5, 0.6) is 0 Å². The van der Waals surface area contributed by atoms with Gasteiger partial charge >= 0.3 is 11.9 Å². The minimum absolute atomic E-state index is 0.0326. The molecule has 1 N–H and O–H groups in total. The van der Waals surface area contributed by atoms with Gasteiger partial charge < -0.3 is 19.0 Å². The lowest BCUT2D eigenvalue weighted by atomic mass is 9.40. The lowest BCUT2D eigenvalue weighted by Crippen LogP contribution is -2.73. The molecule has 152 valence electrons. The van der Waals surface area contributed by atoms with Gasteiger partial charge in [-0.2, -0.15) is 0 Å². The summed E-state index contributed by atoms with van der Waals surface area (Å²) in [4.78, 5) is 24.7. The van der Waals surface area contributed by atoms with E-state index in [1.807, 2.05) is 6.07 Å². The maximum absolute atomic E-state index is 12.8. The van der Waals surface area contributed by atoms with Crippen LogP contribution >= 0.6 is 0 Å². The quantitative estimate of drug-likeness (QED) is 0.745. The highest BCUT2D eigenvalue weighted by Crippen LogP contribution is 2.69. The number of furan rings is 1. The number of rotatable bonds is 1. The van der Waals surface area contributed by atoms with E-state index in [0.29, 0.717) is 19.3 Å². The molecule has 1 aliphatic heterocycles. The van der Waals surface area contributed by atoms with Gasteiger partial charge in [-0.15, -0.1) is 0 Å². The summed E-state index contributed by atoms with van der Waals surface area (Å²) >= 11 is 0. The molecule has 6 nitrogen and oxygen atoms in total. The molecule has 1 aromatic heterocycles. The fourth-order valence-corrected chi connectivity index (χ4v) is 7.13. The van der Waals surface area contributed by atoms with Gasteiger partial charge in [0.15, 0.2) is 0 Å². The van der Waals surface area contributed by atoms with Crippen LogP contribution in [0.25, 0.3) is 0 Å². The molecule has 0 radical (unpaired) electrons. The Balaban J connectivity index is 1.70. The van der Waals surface area contributed by atoms with E-state index in [1.165, 1.54) is 6.92 Å². The highest BCUT2D eigenvalue weighted by Gasteiger charge is 2.74. The summed E-state index contributed by atoms with van der Waals surface area (Å²) in [7, 11) is 0. The second kappa shape index (κ2) is 5.41. The summed E-state index contributed by atoms with van der Waals surface area (Å²) in [5.74, 6) is -0.235. The molecule has 0 aromatic carbocycles.